The van der Waals surface area contributed by atoms with E-state index >= 15 is 0 Å². The molecule has 2 rings (SSSR count). The van der Waals surface area contributed by atoms with E-state index in [1.165, 1.54) is 0 Å². The van der Waals surface area contributed by atoms with E-state index in [1.807, 2.05) is 6.07 Å². The molecule has 33 heavy (non-hydrogen) atoms. The van der Waals surface area contributed by atoms with E-state index in [0.717, 1.165) is 5.01 Å². The van der Waals surface area contributed by atoms with E-state index in [2.05, 4.69) is 10.7 Å². The number of nitrogens with one attached hydrogen (secondary N) is 3. The van der Waals surface area contributed by atoms with Crippen molar-refractivity contribution >= 4 is 30.1 Å². The number of hydrazine groups is 1. The second-order valence-electron chi connectivity index (χ2n) is 7.38. The highest BCUT2D eigenvalue weighted by Gasteiger charge is 2.51. The number of hydrogen-bond acceptors (Lipinski definition) is 6. The van der Waals surface area contributed by atoms with Gasteiger partial charge in [0, 0.05) is 12.1 Å². The van der Waals surface area contributed by atoms with Crippen molar-refractivity contribution in [2.45, 2.75) is 38.8 Å². The molecule has 176 valence electrons. The first-order valence-corrected chi connectivity index (χ1v) is 10.4. The number of anilines is 1. The van der Waals surface area contributed by atoms with E-state index in [0.29, 0.717) is 16.8 Å². The molecule has 0 saturated heterocycles. The van der Waals surface area contributed by atoms with E-state index in [-0.39, 0.29) is 25.4 Å². The molecule has 0 aliphatic carbocycles. The average molecular weight is 456 g/mol. The maximum atomic E-state index is 13.6. The molecular weight excluding hydrogens is 426 g/mol. The van der Waals surface area contributed by atoms with Gasteiger partial charge in [0.25, 0.3) is 0 Å². The summed E-state index contributed by atoms with van der Waals surface area (Å²) in [5, 5.41) is 11.0. The largest absolute Gasteiger partial charge is 0.464 e. The van der Waals surface area contributed by atoms with Crippen LogP contribution in [0.2, 0.25) is 0 Å². The van der Waals surface area contributed by atoms with Crippen molar-refractivity contribution in [3.05, 3.63) is 65.7 Å². The number of amides is 2. The summed E-state index contributed by atoms with van der Waals surface area (Å²) in [6.07, 6.45) is -1.20. The molecule has 0 fully saturated rings. The van der Waals surface area contributed by atoms with Crippen molar-refractivity contribution in [2.75, 3.05) is 11.9 Å². The lowest BCUT2D eigenvalue weighted by molar-refractivity contribution is -0.161. The maximum Gasteiger partial charge on any atom is 0.430 e. The molecule has 0 bridgehead atoms. The SMILES string of the molecule is CCOC(=O)[C@@](Cc1ccccc1)(c1cccc(NC(=N)N)c1)N(NC=O)C(=O)OC(C)C. The van der Waals surface area contributed by atoms with Gasteiger partial charge in [-0.25, -0.2) is 9.59 Å². The van der Waals surface area contributed by atoms with Gasteiger partial charge in [-0.1, -0.05) is 42.5 Å². The van der Waals surface area contributed by atoms with E-state index in [4.69, 9.17) is 20.6 Å². The van der Waals surface area contributed by atoms with Crippen molar-refractivity contribution in [1.82, 2.24) is 10.4 Å². The molecule has 2 amide bonds. The molecule has 5 N–H and O–H groups in total. The summed E-state index contributed by atoms with van der Waals surface area (Å²) in [6.45, 7) is 4.98. The number of esters is 1. The summed E-state index contributed by atoms with van der Waals surface area (Å²) in [6, 6.07) is 15.4. The highest BCUT2D eigenvalue weighted by atomic mass is 16.6. The zero-order valence-electron chi connectivity index (χ0n) is 18.8. The third-order valence-electron chi connectivity index (χ3n) is 4.62. The summed E-state index contributed by atoms with van der Waals surface area (Å²) in [4.78, 5) is 38.3. The minimum absolute atomic E-state index is 0.0366. The van der Waals surface area contributed by atoms with Gasteiger partial charge in [-0.3, -0.25) is 15.6 Å². The molecule has 10 heteroatoms. The van der Waals surface area contributed by atoms with E-state index in [1.54, 1.807) is 69.3 Å². The Labute approximate surface area is 192 Å². The number of hydrogen-bond donors (Lipinski definition) is 4. The van der Waals surface area contributed by atoms with Crippen molar-refractivity contribution in [1.29, 1.82) is 5.41 Å². The third-order valence-corrected chi connectivity index (χ3v) is 4.62. The number of carbonyl (C=O) groups is 3. The number of carbonyl (C=O) groups excluding carboxylic acids is 3. The van der Waals surface area contributed by atoms with Crippen molar-refractivity contribution in [2.24, 2.45) is 5.73 Å². The van der Waals surface area contributed by atoms with Gasteiger partial charge in [0.2, 0.25) is 6.41 Å². The number of ether oxygens (including phenoxy) is 2. The zero-order chi connectivity index (χ0) is 24.4. The van der Waals surface area contributed by atoms with Gasteiger partial charge in [0.05, 0.1) is 12.7 Å². The molecular formula is C23H29N5O5. The molecule has 0 saturated carbocycles. The summed E-state index contributed by atoms with van der Waals surface area (Å²) in [5.74, 6) is -1.08. The van der Waals surface area contributed by atoms with Crippen molar-refractivity contribution in [3.8, 4) is 0 Å². The second kappa shape index (κ2) is 11.5. The monoisotopic (exact) mass is 455 g/mol. The lowest BCUT2D eigenvalue weighted by atomic mass is 9.82. The second-order valence-corrected chi connectivity index (χ2v) is 7.38. The molecule has 0 aliphatic rings. The Kier molecular flexibility index (Phi) is 8.79. The van der Waals surface area contributed by atoms with Crippen LogP contribution in [0, 0.1) is 5.41 Å². The Morgan fingerprint density at radius 2 is 1.88 bits per heavy atom. The van der Waals surface area contributed by atoms with Gasteiger partial charge >= 0.3 is 12.1 Å². The quantitative estimate of drug-likeness (QED) is 0.141. The fourth-order valence-electron chi connectivity index (χ4n) is 3.37. The number of rotatable bonds is 10. The van der Waals surface area contributed by atoms with Crippen LogP contribution in [0.5, 0.6) is 0 Å². The van der Waals surface area contributed by atoms with Gasteiger partial charge in [-0.2, -0.15) is 5.01 Å². The Morgan fingerprint density at radius 1 is 1.18 bits per heavy atom. The lowest BCUT2D eigenvalue weighted by Crippen LogP contribution is -2.62. The van der Waals surface area contributed by atoms with Crippen LogP contribution in [0.3, 0.4) is 0 Å². The van der Waals surface area contributed by atoms with Crippen LogP contribution in [0.1, 0.15) is 31.9 Å². The van der Waals surface area contributed by atoms with Crippen LogP contribution in [-0.2, 0) is 31.0 Å². The number of nitrogens with zero attached hydrogens (tertiary/aromatic N) is 1. The van der Waals surface area contributed by atoms with Gasteiger partial charge in [0.15, 0.2) is 11.5 Å². The molecule has 0 spiro atoms. The molecule has 2 aromatic rings. The summed E-state index contributed by atoms with van der Waals surface area (Å²) < 4.78 is 10.7. The molecule has 1 atom stereocenters. The van der Waals surface area contributed by atoms with Crippen LogP contribution < -0.4 is 16.5 Å². The smallest absolute Gasteiger partial charge is 0.430 e. The highest BCUT2D eigenvalue weighted by Crippen LogP contribution is 2.35. The normalized spacial score (nSPS) is 12.2. The molecule has 10 nitrogen and oxygen atoms in total. The van der Waals surface area contributed by atoms with Crippen LogP contribution in [-0.4, -0.2) is 42.2 Å². The van der Waals surface area contributed by atoms with E-state index in [9.17, 15) is 14.4 Å². The van der Waals surface area contributed by atoms with Crippen molar-refractivity contribution < 1.29 is 23.9 Å². The van der Waals surface area contributed by atoms with Gasteiger partial charge in [0.1, 0.15) is 0 Å². The molecule has 0 aromatic heterocycles. The maximum absolute atomic E-state index is 13.6. The molecule has 0 aliphatic heterocycles. The Bertz CT molecular complexity index is 982. The minimum atomic E-state index is -1.83. The summed E-state index contributed by atoms with van der Waals surface area (Å²) in [5.41, 5.74) is 7.38. The van der Waals surface area contributed by atoms with Gasteiger partial charge in [-0.15, -0.1) is 0 Å². The predicted molar refractivity (Wildman–Crippen MR) is 123 cm³/mol. The fourth-order valence-corrected chi connectivity index (χ4v) is 3.37. The zero-order valence-corrected chi connectivity index (χ0v) is 18.8. The predicted octanol–water partition coefficient (Wildman–Crippen LogP) is 2.50. The van der Waals surface area contributed by atoms with Gasteiger partial charge < -0.3 is 20.5 Å². The Balaban J connectivity index is 2.81. The first-order valence-electron chi connectivity index (χ1n) is 10.4. The molecule has 0 heterocycles. The minimum Gasteiger partial charge on any atom is -0.464 e. The molecule has 0 unspecified atom stereocenters. The Morgan fingerprint density at radius 3 is 2.45 bits per heavy atom. The fraction of sp³-hybridized carbons (Fsp3) is 0.304. The average Bonchev–Trinajstić information content (AvgIpc) is 2.76. The van der Waals surface area contributed by atoms with Crippen LogP contribution in [0.25, 0.3) is 0 Å². The molecule has 2 aromatic carbocycles. The van der Waals surface area contributed by atoms with Crippen LogP contribution in [0.4, 0.5) is 10.5 Å². The van der Waals surface area contributed by atoms with Gasteiger partial charge in [-0.05, 0) is 44.0 Å². The highest BCUT2D eigenvalue weighted by molar-refractivity contribution is 5.91. The molecule has 0 radical (unpaired) electrons. The lowest BCUT2D eigenvalue weighted by Gasteiger charge is -2.40. The topological polar surface area (TPSA) is 147 Å². The third kappa shape index (κ3) is 6.22. The Hall–Kier alpha value is -4.08. The number of guanidine groups is 1. The first-order chi connectivity index (χ1) is 15.7. The van der Waals surface area contributed by atoms with Crippen LogP contribution >= 0.6 is 0 Å². The summed E-state index contributed by atoms with van der Waals surface area (Å²) >= 11 is 0. The van der Waals surface area contributed by atoms with Crippen LogP contribution in [0.15, 0.2) is 54.6 Å². The number of nitrogens with two attached hydrogens (primary N) is 1. The van der Waals surface area contributed by atoms with E-state index < -0.39 is 23.7 Å². The summed E-state index contributed by atoms with van der Waals surface area (Å²) in [7, 11) is 0. The standard InChI is InChI=1S/C23H29N5O5/c1-4-32-20(30)23(14-17-9-6-5-7-10-17,28(26-15-29)22(31)33-16(2)3)18-11-8-12-19(13-18)27-21(24)25/h5-13,15-16H,4,14H2,1-3H3,(H,26,29)(H4,24,25,27)/t23-/m1/s1. The van der Waals surface area contributed by atoms with Crippen molar-refractivity contribution in [3.63, 3.8) is 0 Å². The number of benzene rings is 2. The first kappa shape index (κ1) is 25.2.